The van der Waals surface area contributed by atoms with Crippen molar-refractivity contribution >= 4 is 11.7 Å². The van der Waals surface area contributed by atoms with E-state index >= 15 is 0 Å². The zero-order valence-corrected chi connectivity index (χ0v) is 12.9. The van der Waals surface area contributed by atoms with Gasteiger partial charge in [0.1, 0.15) is 17.3 Å². The highest BCUT2D eigenvalue weighted by Gasteiger charge is 2.26. The third kappa shape index (κ3) is 2.61. The Balaban J connectivity index is 1.88. The normalized spacial score (nSPS) is 14.0. The van der Waals surface area contributed by atoms with Crippen LogP contribution in [-0.2, 0) is 18.5 Å². The lowest BCUT2D eigenvalue weighted by Crippen LogP contribution is -2.20. The Morgan fingerprint density at radius 2 is 1.95 bits per heavy atom. The largest absolute Gasteiger partial charge is 0.364 e. The molecule has 7 nitrogen and oxygen atoms in total. The van der Waals surface area contributed by atoms with Crippen LogP contribution in [0.4, 0.5) is 5.82 Å². The molecule has 22 heavy (non-hydrogen) atoms. The fourth-order valence-corrected chi connectivity index (χ4v) is 2.30. The van der Waals surface area contributed by atoms with E-state index in [4.69, 9.17) is 5.73 Å². The lowest BCUT2D eigenvalue weighted by Gasteiger charge is -2.16. The minimum atomic E-state index is -0.583. The van der Waals surface area contributed by atoms with Gasteiger partial charge in [-0.05, 0) is 0 Å². The zero-order valence-electron chi connectivity index (χ0n) is 12.9. The minimum absolute atomic E-state index is 0.0891. The van der Waals surface area contributed by atoms with Crippen LogP contribution in [0.25, 0.3) is 0 Å². The second-order valence-electron chi connectivity index (χ2n) is 6.40. The number of carbonyl (C=O) groups excluding carboxylic acids is 1. The molecular formula is C15H18N6O. The molecule has 1 amide bonds. The molecule has 0 radical (unpaired) electrons. The molecule has 2 aromatic heterocycles. The number of hydrogen-bond donors (Lipinski definition) is 1. The Morgan fingerprint density at radius 1 is 1.18 bits per heavy atom. The van der Waals surface area contributed by atoms with Crippen molar-refractivity contribution in [3.63, 3.8) is 0 Å². The number of aromatic nitrogens is 4. The van der Waals surface area contributed by atoms with E-state index in [0.717, 1.165) is 17.1 Å². The molecule has 0 aromatic carbocycles. The van der Waals surface area contributed by atoms with Gasteiger partial charge in [-0.25, -0.2) is 15.0 Å². The smallest absolute Gasteiger partial charge is 0.268 e. The van der Waals surface area contributed by atoms with Gasteiger partial charge in [0.05, 0.1) is 24.6 Å². The molecule has 0 fully saturated rings. The number of fused-ring (bicyclic) bond motifs is 1. The summed E-state index contributed by atoms with van der Waals surface area (Å²) >= 11 is 0. The van der Waals surface area contributed by atoms with Crippen LogP contribution >= 0.6 is 0 Å². The van der Waals surface area contributed by atoms with Crippen molar-refractivity contribution in [3.05, 3.63) is 41.4 Å². The summed E-state index contributed by atoms with van der Waals surface area (Å²) in [5.74, 6) is 0.859. The SMILES string of the molecule is CC(C)(C)c1ncc2c(n1)CN(c1cncc(C(N)=O)n1)C2. The van der Waals surface area contributed by atoms with Gasteiger partial charge in [-0.2, -0.15) is 0 Å². The van der Waals surface area contributed by atoms with Crippen molar-refractivity contribution in [1.29, 1.82) is 0 Å². The highest BCUT2D eigenvalue weighted by molar-refractivity contribution is 5.90. The Morgan fingerprint density at radius 3 is 2.64 bits per heavy atom. The van der Waals surface area contributed by atoms with E-state index in [-0.39, 0.29) is 11.1 Å². The molecule has 3 heterocycles. The summed E-state index contributed by atoms with van der Waals surface area (Å²) in [4.78, 5) is 30.6. The van der Waals surface area contributed by atoms with Crippen LogP contribution in [0.15, 0.2) is 18.6 Å². The minimum Gasteiger partial charge on any atom is -0.364 e. The molecule has 0 saturated carbocycles. The van der Waals surface area contributed by atoms with Crippen molar-refractivity contribution in [2.75, 3.05) is 4.90 Å². The van der Waals surface area contributed by atoms with Gasteiger partial charge in [-0.1, -0.05) is 20.8 Å². The van der Waals surface area contributed by atoms with Crippen LogP contribution in [0, 0.1) is 0 Å². The van der Waals surface area contributed by atoms with Crippen LogP contribution in [0.1, 0.15) is 48.3 Å². The summed E-state index contributed by atoms with van der Waals surface area (Å²) in [6.45, 7) is 7.53. The summed E-state index contributed by atoms with van der Waals surface area (Å²) in [5.41, 5.74) is 7.38. The number of anilines is 1. The molecule has 0 spiro atoms. The van der Waals surface area contributed by atoms with Gasteiger partial charge in [-0.3, -0.25) is 9.78 Å². The quantitative estimate of drug-likeness (QED) is 0.894. The van der Waals surface area contributed by atoms with Crippen LogP contribution in [0.3, 0.4) is 0 Å². The third-order valence-electron chi connectivity index (χ3n) is 3.53. The van der Waals surface area contributed by atoms with E-state index in [0.29, 0.717) is 18.9 Å². The van der Waals surface area contributed by atoms with Crippen LogP contribution in [-0.4, -0.2) is 25.8 Å². The number of nitrogens with two attached hydrogens (primary N) is 1. The standard InChI is InChI=1S/C15H18N6O/c1-15(2,3)14-18-4-9-7-21(8-11(9)20-14)12-6-17-5-10(19-12)13(16)22/h4-6H,7-8H2,1-3H3,(H2,16,22). The van der Waals surface area contributed by atoms with Gasteiger partial charge in [-0.15, -0.1) is 0 Å². The highest BCUT2D eigenvalue weighted by atomic mass is 16.1. The molecule has 3 rings (SSSR count). The number of carbonyl (C=O) groups is 1. The van der Waals surface area contributed by atoms with E-state index in [9.17, 15) is 4.79 Å². The summed E-state index contributed by atoms with van der Waals surface area (Å²) in [6, 6.07) is 0. The first-order chi connectivity index (χ1) is 10.3. The second kappa shape index (κ2) is 5.01. The van der Waals surface area contributed by atoms with Gasteiger partial charge in [0.25, 0.3) is 5.91 Å². The Bertz CT molecular complexity index is 737. The first-order valence-electron chi connectivity index (χ1n) is 7.06. The first kappa shape index (κ1) is 14.4. The predicted octanol–water partition coefficient (Wildman–Crippen LogP) is 1.18. The molecule has 7 heteroatoms. The van der Waals surface area contributed by atoms with E-state index in [1.165, 1.54) is 6.20 Å². The molecule has 1 aliphatic heterocycles. The number of nitrogens with zero attached hydrogens (tertiary/aromatic N) is 5. The number of amides is 1. The lowest BCUT2D eigenvalue weighted by molar-refractivity contribution is 0.0995. The van der Waals surface area contributed by atoms with E-state index in [1.807, 2.05) is 11.1 Å². The Labute approximate surface area is 128 Å². The molecule has 1 aliphatic rings. The first-order valence-corrected chi connectivity index (χ1v) is 7.06. The maximum Gasteiger partial charge on any atom is 0.268 e. The Hall–Kier alpha value is -2.57. The van der Waals surface area contributed by atoms with Crippen molar-refractivity contribution in [3.8, 4) is 0 Å². The average molecular weight is 298 g/mol. The van der Waals surface area contributed by atoms with E-state index < -0.39 is 5.91 Å². The molecule has 0 aliphatic carbocycles. The molecule has 2 aromatic rings. The van der Waals surface area contributed by atoms with Crippen molar-refractivity contribution in [2.45, 2.75) is 39.3 Å². The van der Waals surface area contributed by atoms with E-state index in [1.54, 1.807) is 6.20 Å². The zero-order chi connectivity index (χ0) is 15.9. The van der Waals surface area contributed by atoms with Crippen molar-refractivity contribution in [2.24, 2.45) is 5.73 Å². The van der Waals surface area contributed by atoms with Crippen molar-refractivity contribution in [1.82, 2.24) is 19.9 Å². The summed E-state index contributed by atoms with van der Waals surface area (Å²) in [6.07, 6.45) is 4.86. The van der Waals surface area contributed by atoms with Gasteiger partial charge < -0.3 is 10.6 Å². The maximum atomic E-state index is 11.2. The van der Waals surface area contributed by atoms with Crippen LogP contribution < -0.4 is 10.6 Å². The summed E-state index contributed by atoms with van der Waals surface area (Å²) in [7, 11) is 0. The van der Waals surface area contributed by atoms with Crippen molar-refractivity contribution < 1.29 is 4.79 Å². The van der Waals surface area contributed by atoms with E-state index in [2.05, 4.69) is 40.7 Å². The van der Waals surface area contributed by atoms with Gasteiger partial charge in [0, 0.05) is 23.7 Å². The summed E-state index contributed by atoms with van der Waals surface area (Å²) < 4.78 is 0. The molecule has 0 saturated heterocycles. The molecule has 2 N–H and O–H groups in total. The third-order valence-corrected chi connectivity index (χ3v) is 3.53. The predicted molar refractivity (Wildman–Crippen MR) is 81.2 cm³/mol. The molecule has 0 bridgehead atoms. The monoisotopic (exact) mass is 298 g/mol. The second-order valence-corrected chi connectivity index (χ2v) is 6.40. The molecule has 0 atom stereocenters. The summed E-state index contributed by atoms with van der Waals surface area (Å²) in [5, 5.41) is 0. The van der Waals surface area contributed by atoms with Crippen LogP contribution in [0.5, 0.6) is 0 Å². The topological polar surface area (TPSA) is 97.9 Å². The number of primary amides is 1. The average Bonchev–Trinajstić information content (AvgIpc) is 2.89. The van der Waals surface area contributed by atoms with Gasteiger partial charge >= 0.3 is 0 Å². The highest BCUT2D eigenvalue weighted by Crippen LogP contribution is 2.27. The molecule has 0 unspecified atom stereocenters. The lowest BCUT2D eigenvalue weighted by atomic mass is 9.95. The fraction of sp³-hybridized carbons (Fsp3) is 0.400. The van der Waals surface area contributed by atoms with Gasteiger partial charge in [0.15, 0.2) is 0 Å². The molecule has 114 valence electrons. The number of hydrogen-bond acceptors (Lipinski definition) is 6. The number of rotatable bonds is 2. The van der Waals surface area contributed by atoms with Crippen LogP contribution in [0.2, 0.25) is 0 Å². The maximum absolute atomic E-state index is 11.2. The van der Waals surface area contributed by atoms with Gasteiger partial charge in [0.2, 0.25) is 0 Å². The fourth-order valence-electron chi connectivity index (χ4n) is 2.30. The Kier molecular flexibility index (Phi) is 3.27. The molecular weight excluding hydrogens is 280 g/mol.